The van der Waals surface area contributed by atoms with Crippen LogP contribution in [0.15, 0.2) is 5.16 Å². The third-order valence-electron chi connectivity index (χ3n) is 0.231. The van der Waals surface area contributed by atoms with E-state index in [-0.39, 0.29) is 0 Å². The Morgan fingerprint density at radius 3 is 2.83 bits per heavy atom. The lowest BCUT2D eigenvalue weighted by atomic mass is 10.9. The lowest BCUT2D eigenvalue weighted by Crippen LogP contribution is -1.73. The summed E-state index contributed by atoms with van der Waals surface area (Å²) < 4.78 is 0. The maximum atomic E-state index is 4.39. The summed E-state index contributed by atoms with van der Waals surface area (Å²) in [6, 6.07) is 0. The molecule has 0 unspecified atom stereocenters. The topological polar surface area (TPSA) is 21.6 Å². The summed E-state index contributed by atoms with van der Waals surface area (Å²) >= 11 is 4.18. The third-order valence-corrected chi connectivity index (χ3v) is 0.305. The second-order valence-electron chi connectivity index (χ2n) is 0.600. The number of rotatable bonds is 2. The highest BCUT2D eigenvalue weighted by molar-refractivity contribution is 7.78. The maximum absolute atomic E-state index is 4.39. The largest absolute Gasteiger partial charge is 0.388 e. The van der Waals surface area contributed by atoms with Gasteiger partial charge in [-0.05, 0) is 24.3 Å². The first-order valence-electron chi connectivity index (χ1n) is 1.61. The van der Waals surface area contributed by atoms with Gasteiger partial charge in [0.1, 0.15) is 11.8 Å². The van der Waals surface area contributed by atoms with Crippen LogP contribution < -0.4 is 0 Å². The van der Waals surface area contributed by atoms with Gasteiger partial charge >= 0.3 is 0 Å². The molecule has 6 heavy (non-hydrogen) atoms. The average Bonchev–Trinajstić information content (AvgIpc) is 1.61. The third kappa shape index (κ3) is 3.60. The van der Waals surface area contributed by atoms with Crippen LogP contribution in [0.25, 0.3) is 0 Å². The Kier molecular flexibility index (Phi) is 4.29. The van der Waals surface area contributed by atoms with Crippen molar-refractivity contribution in [2.75, 3.05) is 6.61 Å². The highest BCUT2D eigenvalue weighted by Crippen LogP contribution is 1.66. The molecule has 0 amide bonds. The molecule has 34 valence electrons. The van der Waals surface area contributed by atoms with Crippen molar-refractivity contribution in [1.29, 1.82) is 0 Å². The van der Waals surface area contributed by atoms with E-state index in [9.17, 15) is 0 Å². The predicted molar refractivity (Wildman–Crippen MR) is 26.7 cm³/mol. The Bertz CT molecular complexity index is 67.2. The second-order valence-corrected chi connectivity index (χ2v) is 0.783. The summed E-state index contributed by atoms with van der Waals surface area (Å²) in [5.41, 5.74) is 0. The molecular weight excluding hydrogens is 98.1 g/mol. The molecule has 0 N–H and O–H groups in total. The van der Waals surface area contributed by atoms with E-state index in [0.29, 0.717) is 6.61 Å². The first-order valence-corrected chi connectivity index (χ1v) is 2.01. The number of thiocarbonyl (C=S) groups is 1. The van der Waals surface area contributed by atoms with Gasteiger partial charge in [-0.15, -0.1) is 0 Å². The Balaban J connectivity index is 2.86. The fourth-order valence-electron chi connectivity index (χ4n) is 0.0909. The molecule has 0 aromatic rings. The lowest BCUT2D eigenvalue weighted by Gasteiger charge is -1.80. The first-order chi connectivity index (χ1) is 2.91. The molecule has 0 bridgehead atoms. The normalized spacial score (nSPS) is 6.17. The van der Waals surface area contributed by atoms with Gasteiger partial charge in [0.15, 0.2) is 0 Å². The van der Waals surface area contributed by atoms with Crippen molar-refractivity contribution in [2.24, 2.45) is 5.16 Å². The fraction of sp³-hybridized carbons (Fsp3) is 0.667. The minimum Gasteiger partial charge on any atom is -0.388 e. The van der Waals surface area contributed by atoms with Crippen LogP contribution in [0, 0.1) is 0 Å². The van der Waals surface area contributed by atoms with Crippen molar-refractivity contribution >= 4 is 17.4 Å². The molecule has 0 fully saturated rings. The van der Waals surface area contributed by atoms with Crippen LogP contribution in [0.5, 0.6) is 0 Å². The summed E-state index contributed by atoms with van der Waals surface area (Å²) in [5, 5.41) is 5.21. The van der Waals surface area contributed by atoms with Gasteiger partial charge in [-0.3, -0.25) is 0 Å². The van der Waals surface area contributed by atoms with E-state index < -0.39 is 0 Å². The quantitative estimate of drug-likeness (QED) is 0.296. The molecule has 0 aromatic carbocycles. The van der Waals surface area contributed by atoms with Crippen LogP contribution in [-0.4, -0.2) is 11.8 Å². The van der Waals surface area contributed by atoms with Gasteiger partial charge in [0.25, 0.3) is 0 Å². The van der Waals surface area contributed by atoms with Crippen LogP contribution in [0.1, 0.15) is 6.92 Å². The fourth-order valence-corrected chi connectivity index (χ4v) is 0.144. The molecule has 0 aliphatic carbocycles. The average molecular weight is 103 g/mol. The van der Waals surface area contributed by atoms with Gasteiger partial charge in [0, 0.05) is 0 Å². The molecule has 0 heterocycles. The smallest absolute Gasteiger partial charge is 0.115 e. The zero-order valence-corrected chi connectivity index (χ0v) is 4.29. The van der Waals surface area contributed by atoms with Gasteiger partial charge in [0.05, 0.1) is 0 Å². The minimum atomic E-state index is 0.559. The molecule has 3 heteroatoms. The van der Waals surface area contributed by atoms with Crippen molar-refractivity contribution in [2.45, 2.75) is 6.92 Å². The van der Waals surface area contributed by atoms with E-state index >= 15 is 0 Å². The molecule has 0 rings (SSSR count). The number of isothiocyanates is 1. The zero-order valence-electron chi connectivity index (χ0n) is 3.47. The lowest BCUT2D eigenvalue weighted by molar-refractivity contribution is 0.161. The molecule has 0 aliphatic heterocycles. The van der Waals surface area contributed by atoms with Gasteiger partial charge < -0.3 is 4.84 Å². The zero-order chi connectivity index (χ0) is 4.83. The van der Waals surface area contributed by atoms with E-state index in [0.717, 1.165) is 0 Å². The van der Waals surface area contributed by atoms with Crippen molar-refractivity contribution in [3.63, 3.8) is 0 Å². The standard InChI is InChI=1S/C3H5NOS/c1-2-5-4-3-6/h2H2,1H3. The summed E-state index contributed by atoms with van der Waals surface area (Å²) in [6.07, 6.45) is 0. The van der Waals surface area contributed by atoms with Gasteiger partial charge in [-0.25, -0.2) is 0 Å². The van der Waals surface area contributed by atoms with E-state index in [1.807, 2.05) is 6.92 Å². The summed E-state index contributed by atoms with van der Waals surface area (Å²) in [7, 11) is 0. The van der Waals surface area contributed by atoms with E-state index in [1.54, 1.807) is 0 Å². The van der Waals surface area contributed by atoms with Crippen LogP contribution in [-0.2, 0) is 4.84 Å². The summed E-state index contributed by atoms with van der Waals surface area (Å²) in [6.45, 7) is 2.39. The summed E-state index contributed by atoms with van der Waals surface area (Å²) in [4.78, 5) is 4.39. The Morgan fingerprint density at radius 2 is 2.67 bits per heavy atom. The molecule has 0 spiro atoms. The Labute approximate surface area is 41.8 Å². The summed E-state index contributed by atoms with van der Waals surface area (Å²) in [5.74, 6) is 0. The molecule has 0 atom stereocenters. The van der Waals surface area contributed by atoms with Gasteiger partial charge in [-0.2, -0.15) is 0 Å². The Hall–Kier alpha value is -0.400. The molecule has 0 saturated carbocycles. The van der Waals surface area contributed by atoms with Gasteiger partial charge in [-0.1, -0.05) is 0 Å². The SMILES string of the molecule is CCON=C=S. The number of nitrogens with zero attached hydrogens (tertiary/aromatic N) is 1. The molecular formula is C3H5NOS. The van der Waals surface area contributed by atoms with Crippen LogP contribution >= 0.6 is 12.2 Å². The predicted octanol–water partition coefficient (Wildman–Crippen LogP) is 1.04. The molecule has 0 aromatic heterocycles. The van der Waals surface area contributed by atoms with Crippen molar-refractivity contribution < 1.29 is 4.84 Å². The van der Waals surface area contributed by atoms with Crippen molar-refractivity contribution in [3.05, 3.63) is 0 Å². The van der Waals surface area contributed by atoms with Gasteiger partial charge in [0.2, 0.25) is 0 Å². The van der Waals surface area contributed by atoms with Crippen LogP contribution in [0.2, 0.25) is 0 Å². The molecule has 2 nitrogen and oxygen atoms in total. The first kappa shape index (κ1) is 5.60. The maximum Gasteiger partial charge on any atom is 0.115 e. The molecule has 0 saturated heterocycles. The Morgan fingerprint density at radius 1 is 2.00 bits per heavy atom. The number of hydrogen-bond acceptors (Lipinski definition) is 3. The molecule has 0 radical (unpaired) electrons. The van der Waals surface area contributed by atoms with E-state index in [2.05, 4.69) is 27.4 Å². The minimum absolute atomic E-state index is 0.559. The monoisotopic (exact) mass is 103 g/mol. The highest BCUT2D eigenvalue weighted by atomic mass is 32.1. The van der Waals surface area contributed by atoms with E-state index in [1.165, 1.54) is 0 Å². The van der Waals surface area contributed by atoms with Crippen LogP contribution in [0.4, 0.5) is 0 Å². The number of hydrogen-bond donors (Lipinski definition) is 0. The second kappa shape index (κ2) is 4.60. The molecule has 0 aliphatic rings. The van der Waals surface area contributed by atoms with Crippen molar-refractivity contribution in [3.8, 4) is 0 Å². The van der Waals surface area contributed by atoms with Crippen molar-refractivity contribution in [1.82, 2.24) is 0 Å². The van der Waals surface area contributed by atoms with Crippen LogP contribution in [0.3, 0.4) is 0 Å². The van der Waals surface area contributed by atoms with E-state index in [4.69, 9.17) is 0 Å². The highest BCUT2D eigenvalue weighted by Gasteiger charge is 1.60.